The second-order valence-corrected chi connectivity index (χ2v) is 5.48. The molecule has 0 saturated heterocycles. The summed E-state index contributed by atoms with van der Waals surface area (Å²) in [6.07, 6.45) is 0.592. The molecule has 2 heterocycles. The molecule has 0 bridgehead atoms. The number of aliphatic carboxylic acids is 1. The molecular weight excluding hydrogens is 274 g/mol. The van der Waals surface area contributed by atoms with Crippen LogP contribution in [0.2, 0.25) is 0 Å². The molecule has 0 saturated carbocycles. The number of rotatable bonds is 6. The maximum Gasteiger partial charge on any atom is 0.303 e. The summed E-state index contributed by atoms with van der Waals surface area (Å²) in [5, 5.41) is 11.5. The summed E-state index contributed by atoms with van der Waals surface area (Å²) in [5.74, 6) is -0.795. The SMILES string of the molecule is Cc1cccc(CN(C)c2nc(CCC(=O)O)cs2)n1. The molecule has 106 valence electrons. The Morgan fingerprint density at radius 2 is 2.15 bits per heavy atom. The molecule has 0 fully saturated rings. The molecule has 0 unspecified atom stereocenters. The molecule has 0 aliphatic rings. The van der Waals surface area contributed by atoms with Crippen molar-refractivity contribution in [2.24, 2.45) is 0 Å². The Morgan fingerprint density at radius 1 is 1.35 bits per heavy atom. The van der Waals surface area contributed by atoms with E-state index in [9.17, 15) is 4.79 Å². The minimum absolute atomic E-state index is 0.117. The van der Waals surface area contributed by atoms with Gasteiger partial charge in [-0.3, -0.25) is 9.78 Å². The fourth-order valence-corrected chi connectivity index (χ4v) is 2.65. The maximum absolute atomic E-state index is 10.5. The maximum atomic E-state index is 10.5. The highest BCUT2D eigenvalue weighted by atomic mass is 32.1. The average Bonchev–Trinajstić information content (AvgIpc) is 2.85. The number of nitrogens with zero attached hydrogens (tertiary/aromatic N) is 3. The largest absolute Gasteiger partial charge is 0.481 e. The molecule has 0 spiro atoms. The molecule has 0 amide bonds. The third kappa shape index (κ3) is 4.03. The van der Waals surface area contributed by atoms with Gasteiger partial charge in [-0.1, -0.05) is 6.07 Å². The molecule has 2 rings (SSSR count). The van der Waals surface area contributed by atoms with Crippen molar-refractivity contribution in [1.82, 2.24) is 9.97 Å². The van der Waals surface area contributed by atoms with Crippen LogP contribution in [0.1, 0.15) is 23.5 Å². The topological polar surface area (TPSA) is 66.3 Å². The van der Waals surface area contributed by atoms with Crippen molar-refractivity contribution in [2.75, 3.05) is 11.9 Å². The molecule has 6 heteroatoms. The normalized spacial score (nSPS) is 10.5. The molecule has 0 radical (unpaired) electrons. The lowest BCUT2D eigenvalue weighted by molar-refractivity contribution is -0.136. The van der Waals surface area contributed by atoms with E-state index in [-0.39, 0.29) is 6.42 Å². The van der Waals surface area contributed by atoms with Crippen LogP contribution in [0, 0.1) is 6.92 Å². The van der Waals surface area contributed by atoms with Gasteiger partial charge in [0.15, 0.2) is 5.13 Å². The second-order valence-electron chi connectivity index (χ2n) is 4.64. The van der Waals surface area contributed by atoms with Gasteiger partial charge in [0.05, 0.1) is 24.4 Å². The summed E-state index contributed by atoms with van der Waals surface area (Å²) in [6, 6.07) is 5.95. The lowest BCUT2D eigenvalue weighted by Gasteiger charge is -2.15. The van der Waals surface area contributed by atoms with E-state index in [1.54, 1.807) is 0 Å². The summed E-state index contributed by atoms with van der Waals surface area (Å²) in [5.41, 5.74) is 2.82. The van der Waals surface area contributed by atoms with Crippen LogP contribution >= 0.6 is 11.3 Å². The molecule has 2 aromatic rings. The summed E-state index contributed by atoms with van der Waals surface area (Å²) in [7, 11) is 1.96. The first-order valence-corrected chi connectivity index (χ1v) is 7.22. The van der Waals surface area contributed by atoms with Crippen molar-refractivity contribution >= 4 is 22.4 Å². The van der Waals surface area contributed by atoms with Gasteiger partial charge in [-0.15, -0.1) is 11.3 Å². The van der Waals surface area contributed by atoms with Crippen molar-refractivity contribution in [3.05, 3.63) is 40.7 Å². The lowest BCUT2D eigenvalue weighted by atomic mass is 10.2. The van der Waals surface area contributed by atoms with E-state index in [0.717, 1.165) is 22.2 Å². The van der Waals surface area contributed by atoms with E-state index < -0.39 is 5.97 Å². The highest BCUT2D eigenvalue weighted by molar-refractivity contribution is 7.13. The molecule has 2 aromatic heterocycles. The standard InChI is InChI=1S/C14H17N3O2S/c1-10-4-3-5-11(15-10)8-17(2)14-16-12(9-20-14)6-7-13(18)19/h3-5,9H,6-8H2,1-2H3,(H,18,19). The van der Waals surface area contributed by atoms with Gasteiger partial charge in [-0.25, -0.2) is 4.98 Å². The van der Waals surface area contributed by atoms with Crippen molar-refractivity contribution in [3.8, 4) is 0 Å². The van der Waals surface area contributed by atoms with E-state index in [4.69, 9.17) is 5.11 Å². The summed E-state index contributed by atoms with van der Waals surface area (Å²) < 4.78 is 0. The number of hydrogen-bond acceptors (Lipinski definition) is 5. The van der Waals surface area contributed by atoms with Crippen LogP contribution in [0.25, 0.3) is 0 Å². The fourth-order valence-electron chi connectivity index (χ4n) is 1.82. The number of carboxylic acids is 1. The number of aromatic nitrogens is 2. The van der Waals surface area contributed by atoms with Crippen LogP contribution in [0.15, 0.2) is 23.6 Å². The van der Waals surface area contributed by atoms with Crippen LogP contribution in [-0.4, -0.2) is 28.1 Å². The molecule has 0 aliphatic heterocycles. The van der Waals surface area contributed by atoms with E-state index >= 15 is 0 Å². The van der Waals surface area contributed by atoms with Gasteiger partial charge < -0.3 is 10.0 Å². The molecule has 1 N–H and O–H groups in total. The second kappa shape index (κ2) is 6.47. The van der Waals surface area contributed by atoms with Gasteiger partial charge in [0.2, 0.25) is 0 Å². The smallest absolute Gasteiger partial charge is 0.303 e. The quantitative estimate of drug-likeness (QED) is 0.885. The molecule has 20 heavy (non-hydrogen) atoms. The Bertz CT molecular complexity index is 598. The zero-order valence-corrected chi connectivity index (χ0v) is 12.4. The predicted octanol–water partition coefficient (Wildman–Crippen LogP) is 2.50. The fraction of sp³-hybridized carbons (Fsp3) is 0.357. The lowest BCUT2D eigenvalue weighted by Crippen LogP contribution is -2.17. The Labute approximate surface area is 121 Å². The minimum atomic E-state index is -0.795. The Hall–Kier alpha value is -1.95. The van der Waals surface area contributed by atoms with Crippen LogP contribution in [0.3, 0.4) is 0 Å². The monoisotopic (exact) mass is 291 g/mol. The summed E-state index contributed by atoms with van der Waals surface area (Å²) in [6.45, 7) is 2.66. The van der Waals surface area contributed by atoms with Crippen molar-refractivity contribution in [3.63, 3.8) is 0 Å². The first-order chi connectivity index (χ1) is 9.54. The minimum Gasteiger partial charge on any atom is -0.481 e. The highest BCUT2D eigenvalue weighted by Crippen LogP contribution is 2.21. The number of hydrogen-bond donors (Lipinski definition) is 1. The van der Waals surface area contributed by atoms with Crippen LogP contribution in [0.4, 0.5) is 5.13 Å². The predicted molar refractivity (Wildman–Crippen MR) is 79.2 cm³/mol. The molecule has 5 nitrogen and oxygen atoms in total. The average molecular weight is 291 g/mol. The van der Waals surface area contributed by atoms with Gasteiger partial charge >= 0.3 is 5.97 Å². The van der Waals surface area contributed by atoms with Crippen molar-refractivity contribution in [2.45, 2.75) is 26.3 Å². The zero-order valence-electron chi connectivity index (χ0n) is 11.5. The Balaban J connectivity index is 1.98. The number of aryl methyl sites for hydroxylation is 2. The van der Waals surface area contributed by atoms with E-state index in [1.807, 2.05) is 42.5 Å². The number of pyridine rings is 1. The first-order valence-electron chi connectivity index (χ1n) is 6.34. The van der Waals surface area contributed by atoms with Crippen LogP contribution in [0.5, 0.6) is 0 Å². The molecule has 0 aromatic carbocycles. The Kier molecular flexibility index (Phi) is 4.68. The van der Waals surface area contributed by atoms with Crippen LogP contribution in [-0.2, 0) is 17.8 Å². The van der Waals surface area contributed by atoms with Gasteiger partial charge in [-0.2, -0.15) is 0 Å². The van der Waals surface area contributed by atoms with E-state index in [0.29, 0.717) is 13.0 Å². The van der Waals surface area contributed by atoms with Gasteiger partial charge in [0.1, 0.15) is 0 Å². The van der Waals surface area contributed by atoms with Gasteiger partial charge in [-0.05, 0) is 19.1 Å². The first kappa shape index (κ1) is 14.5. The van der Waals surface area contributed by atoms with E-state index in [1.165, 1.54) is 11.3 Å². The van der Waals surface area contributed by atoms with Crippen LogP contribution < -0.4 is 4.90 Å². The molecule has 0 atom stereocenters. The van der Waals surface area contributed by atoms with Gasteiger partial charge in [0.25, 0.3) is 0 Å². The highest BCUT2D eigenvalue weighted by Gasteiger charge is 2.09. The van der Waals surface area contributed by atoms with Crippen molar-refractivity contribution < 1.29 is 9.90 Å². The number of carboxylic acid groups (broad SMARTS) is 1. The van der Waals surface area contributed by atoms with Crippen molar-refractivity contribution in [1.29, 1.82) is 0 Å². The number of thiazole rings is 1. The summed E-state index contributed by atoms with van der Waals surface area (Å²) >= 11 is 1.53. The van der Waals surface area contributed by atoms with Gasteiger partial charge in [0, 0.05) is 24.5 Å². The third-order valence-corrected chi connectivity index (χ3v) is 3.81. The number of carbonyl (C=O) groups is 1. The molecule has 0 aliphatic carbocycles. The summed E-state index contributed by atoms with van der Waals surface area (Å²) in [4.78, 5) is 21.5. The third-order valence-electron chi connectivity index (χ3n) is 2.81. The zero-order chi connectivity index (χ0) is 14.5. The molecular formula is C14H17N3O2S. The number of anilines is 1. The van der Waals surface area contributed by atoms with E-state index in [2.05, 4.69) is 9.97 Å². The Morgan fingerprint density at radius 3 is 2.85 bits per heavy atom.